The second kappa shape index (κ2) is 6.31. The quantitative estimate of drug-likeness (QED) is 0.857. The van der Waals surface area contributed by atoms with Crippen LogP contribution < -0.4 is 5.32 Å². The molecule has 3 heteroatoms. The van der Waals surface area contributed by atoms with Crippen LogP contribution in [0.2, 0.25) is 0 Å². The van der Waals surface area contributed by atoms with Gasteiger partial charge in [0.15, 0.2) is 0 Å². The Labute approximate surface area is 123 Å². The molecule has 1 aromatic heterocycles. The first-order chi connectivity index (χ1) is 9.41. The normalized spacial score (nSPS) is 23.4. The predicted octanol–water partition coefficient (Wildman–Crippen LogP) is 3.75. The van der Waals surface area contributed by atoms with E-state index in [0.29, 0.717) is 18.1 Å². The Hall–Kier alpha value is -0.800. The highest BCUT2D eigenvalue weighted by Crippen LogP contribution is 2.30. The average Bonchev–Trinajstić information content (AvgIpc) is 2.93. The van der Waals surface area contributed by atoms with Crippen LogP contribution in [0.25, 0.3) is 0 Å². The summed E-state index contributed by atoms with van der Waals surface area (Å²) in [4.78, 5) is 0. The molecule has 20 heavy (non-hydrogen) atoms. The van der Waals surface area contributed by atoms with Gasteiger partial charge in [0, 0.05) is 25.0 Å². The van der Waals surface area contributed by atoms with Gasteiger partial charge in [0.25, 0.3) is 0 Å². The Morgan fingerprint density at radius 1 is 1.45 bits per heavy atom. The Kier molecular flexibility index (Phi) is 4.92. The van der Waals surface area contributed by atoms with Crippen molar-refractivity contribution >= 4 is 0 Å². The lowest BCUT2D eigenvalue weighted by atomic mass is 9.98. The zero-order valence-electron chi connectivity index (χ0n) is 13.6. The molecular weight excluding hydrogens is 248 g/mol. The molecule has 3 nitrogen and oxygen atoms in total. The second-order valence-electron chi connectivity index (χ2n) is 6.96. The largest absolute Gasteiger partial charge is 0.370 e. The molecular formula is C17H30N2O. The van der Waals surface area contributed by atoms with Gasteiger partial charge in [-0.25, -0.2) is 0 Å². The summed E-state index contributed by atoms with van der Waals surface area (Å²) in [7, 11) is 0. The third kappa shape index (κ3) is 3.86. The molecule has 1 N–H and O–H groups in total. The molecule has 0 radical (unpaired) electrons. The molecule has 1 aromatic rings. The topological polar surface area (TPSA) is 26.2 Å². The predicted molar refractivity (Wildman–Crippen MR) is 83.9 cm³/mol. The molecule has 1 aliphatic heterocycles. The number of rotatable bonds is 6. The van der Waals surface area contributed by atoms with Crippen molar-refractivity contribution in [3.05, 3.63) is 24.0 Å². The van der Waals surface area contributed by atoms with Gasteiger partial charge in [0.05, 0.1) is 11.7 Å². The number of ether oxygens (including phenoxy) is 1. The molecule has 0 saturated carbocycles. The van der Waals surface area contributed by atoms with E-state index in [2.05, 4.69) is 63.0 Å². The van der Waals surface area contributed by atoms with Crippen molar-refractivity contribution in [2.45, 2.75) is 71.8 Å². The Balaban J connectivity index is 1.98. The highest BCUT2D eigenvalue weighted by Gasteiger charge is 2.31. The van der Waals surface area contributed by atoms with Crippen LogP contribution in [-0.4, -0.2) is 22.8 Å². The molecule has 0 amide bonds. The fourth-order valence-electron chi connectivity index (χ4n) is 3.16. The number of aromatic nitrogens is 1. The zero-order valence-corrected chi connectivity index (χ0v) is 13.6. The van der Waals surface area contributed by atoms with E-state index in [1.165, 1.54) is 12.0 Å². The fourth-order valence-corrected chi connectivity index (χ4v) is 3.16. The summed E-state index contributed by atoms with van der Waals surface area (Å²) in [6.45, 7) is 13.1. The number of nitrogens with one attached hydrogen (secondary N) is 1. The Morgan fingerprint density at radius 3 is 2.75 bits per heavy atom. The third-order valence-corrected chi connectivity index (χ3v) is 4.19. The van der Waals surface area contributed by atoms with E-state index in [1.54, 1.807) is 0 Å². The Morgan fingerprint density at radius 2 is 2.20 bits per heavy atom. The summed E-state index contributed by atoms with van der Waals surface area (Å²) < 4.78 is 8.37. The minimum absolute atomic E-state index is 0.0604. The van der Waals surface area contributed by atoms with Crippen molar-refractivity contribution in [3.63, 3.8) is 0 Å². The van der Waals surface area contributed by atoms with Gasteiger partial charge in [-0.2, -0.15) is 0 Å². The number of nitrogens with zero attached hydrogens (tertiary/aromatic N) is 1. The maximum Gasteiger partial charge on any atom is 0.0762 e. The maximum atomic E-state index is 6.08. The molecule has 0 bridgehead atoms. The molecule has 1 fully saturated rings. The lowest BCUT2D eigenvalue weighted by Crippen LogP contribution is -2.25. The van der Waals surface area contributed by atoms with Gasteiger partial charge < -0.3 is 14.6 Å². The third-order valence-electron chi connectivity index (χ3n) is 4.19. The van der Waals surface area contributed by atoms with E-state index in [9.17, 15) is 0 Å². The maximum absolute atomic E-state index is 6.08. The standard InChI is InChI=1S/C17H30N2O/c1-6-18-16(13(2)3)14-8-10-19(11-14)12-15-7-9-17(4,5)20-15/h8,10-11,13,15-16,18H,6-7,9,12H2,1-5H3. The van der Waals surface area contributed by atoms with Crippen molar-refractivity contribution in [2.75, 3.05) is 6.54 Å². The zero-order chi connectivity index (χ0) is 14.8. The van der Waals surface area contributed by atoms with E-state index in [-0.39, 0.29) is 5.60 Å². The monoisotopic (exact) mass is 278 g/mol. The smallest absolute Gasteiger partial charge is 0.0762 e. The minimum atomic E-state index is 0.0604. The van der Waals surface area contributed by atoms with Crippen LogP contribution in [0, 0.1) is 5.92 Å². The molecule has 1 saturated heterocycles. The molecule has 2 atom stereocenters. The highest BCUT2D eigenvalue weighted by atomic mass is 16.5. The van der Waals surface area contributed by atoms with Gasteiger partial charge in [-0.15, -0.1) is 0 Å². The van der Waals surface area contributed by atoms with E-state index in [1.807, 2.05) is 0 Å². The summed E-state index contributed by atoms with van der Waals surface area (Å²) in [6, 6.07) is 2.69. The lowest BCUT2D eigenvalue weighted by Gasteiger charge is -2.21. The minimum Gasteiger partial charge on any atom is -0.370 e. The Bertz CT molecular complexity index is 422. The van der Waals surface area contributed by atoms with Crippen LogP contribution in [0.5, 0.6) is 0 Å². The first-order valence-electron chi connectivity index (χ1n) is 7.98. The van der Waals surface area contributed by atoms with Crippen LogP contribution in [0.1, 0.15) is 59.1 Å². The van der Waals surface area contributed by atoms with Crippen molar-refractivity contribution in [1.29, 1.82) is 0 Å². The van der Waals surface area contributed by atoms with Gasteiger partial charge in [-0.05, 0) is 50.8 Å². The SMILES string of the molecule is CCNC(c1ccn(CC2CCC(C)(C)O2)c1)C(C)C. The van der Waals surface area contributed by atoms with Gasteiger partial charge in [0.2, 0.25) is 0 Å². The molecule has 0 spiro atoms. The van der Waals surface area contributed by atoms with Crippen LogP contribution in [0.15, 0.2) is 18.5 Å². The van der Waals surface area contributed by atoms with Crippen LogP contribution in [0.4, 0.5) is 0 Å². The van der Waals surface area contributed by atoms with Gasteiger partial charge in [-0.1, -0.05) is 20.8 Å². The second-order valence-corrected chi connectivity index (χ2v) is 6.96. The van der Waals surface area contributed by atoms with E-state index in [0.717, 1.165) is 19.5 Å². The van der Waals surface area contributed by atoms with Gasteiger partial charge in [-0.3, -0.25) is 0 Å². The van der Waals surface area contributed by atoms with Gasteiger partial charge in [0.1, 0.15) is 0 Å². The molecule has 0 aliphatic carbocycles. The summed E-state index contributed by atoms with van der Waals surface area (Å²) in [5.41, 5.74) is 1.45. The van der Waals surface area contributed by atoms with E-state index >= 15 is 0 Å². The first-order valence-corrected chi connectivity index (χ1v) is 7.98. The molecule has 2 rings (SSSR count). The number of hydrogen-bond donors (Lipinski definition) is 1. The average molecular weight is 278 g/mol. The van der Waals surface area contributed by atoms with E-state index < -0.39 is 0 Å². The fraction of sp³-hybridized carbons (Fsp3) is 0.765. The van der Waals surface area contributed by atoms with Crippen molar-refractivity contribution in [1.82, 2.24) is 9.88 Å². The van der Waals surface area contributed by atoms with Gasteiger partial charge >= 0.3 is 0 Å². The molecule has 1 aliphatic rings. The van der Waals surface area contributed by atoms with Crippen molar-refractivity contribution < 1.29 is 4.74 Å². The summed E-state index contributed by atoms with van der Waals surface area (Å²) >= 11 is 0. The first kappa shape index (κ1) is 15.6. The lowest BCUT2D eigenvalue weighted by molar-refractivity contribution is -0.0216. The van der Waals surface area contributed by atoms with Crippen LogP contribution in [-0.2, 0) is 11.3 Å². The molecule has 2 heterocycles. The number of hydrogen-bond acceptors (Lipinski definition) is 2. The molecule has 2 unspecified atom stereocenters. The summed E-state index contributed by atoms with van der Waals surface area (Å²) in [6.07, 6.45) is 7.17. The summed E-state index contributed by atoms with van der Waals surface area (Å²) in [5.74, 6) is 0.604. The van der Waals surface area contributed by atoms with E-state index in [4.69, 9.17) is 4.74 Å². The molecule has 0 aromatic carbocycles. The van der Waals surface area contributed by atoms with Crippen molar-refractivity contribution in [2.24, 2.45) is 5.92 Å². The van der Waals surface area contributed by atoms with Crippen LogP contribution >= 0.6 is 0 Å². The molecule has 114 valence electrons. The van der Waals surface area contributed by atoms with Crippen LogP contribution in [0.3, 0.4) is 0 Å². The van der Waals surface area contributed by atoms with Crippen molar-refractivity contribution in [3.8, 4) is 0 Å². The summed E-state index contributed by atoms with van der Waals surface area (Å²) in [5, 5.41) is 3.57. The highest BCUT2D eigenvalue weighted by molar-refractivity contribution is 5.16.